The van der Waals surface area contributed by atoms with Crippen molar-refractivity contribution < 1.29 is 18.0 Å². The van der Waals surface area contributed by atoms with Crippen LogP contribution in [0.4, 0.5) is 5.69 Å². The number of carbonyl (C=O) groups is 2. The van der Waals surface area contributed by atoms with E-state index >= 15 is 0 Å². The number of hydrogen-bond donors (Lipinski definition) is 1. The first-order valence-corrected chi connectivity index (χ1v) is 14.1. The molecule has 0 aliphatic heterocycles. The fourth-order valence-corrected chi connectivity index (χ4v) is 5.61. The van der Waals surface area contributed by atoms with Gasteiger partial charge in [0, 0.05) is 12.6 Å². The maximum Gasteiger partial charge on any atom is 0.264 e. The molecule has 0 aliphatic rings. The highest BCUT2D eigenvalue weighted by Crippen LogP contribution is 2.29. The van der Waals surface area contributed by atoms with E-state index in [1.54, 1.807) is 37.3 Å². The van der Waals surface area contributed by atoms with Crippen molar-refractivity contribution in [3.05, 3.63) is 95.1 Å². The molecular formula is C30H37N3O4S. The lowest BCUT2D eigenvalue weighted by Gasteiger charge is -2.33. The molecule has 38 heavy (non-hydrogen) atoms. The topological polar surface area (TPSA) is 86.8 Å². The molecule has 3 rings (SSSR count). The highest BCUT2D eigenvalue weighted by Gasteiger charge is 2.33. The smallest absolute Gasteiger partial charge is 0.264 e. The summed E-state index contributed by atoms with van der Waals surface area (Å²) < 4.78 is 28.9. The number of benzene rings is 3. The van der Waals surface area contributed by atoms with E-state index in [0.717, 1.165) is 26.6 Å². The summed E-state index contributed by atoms with van der Waals surface area (Å²) in [6, 6.07) is 20.2. The summed E-state index contributed by atoms with van der Waals surface area (Å²) in [5, 5.41) is 2.87. The van der Waals surface area contributed by atoms with Crippen LogP contribution in [0.5, 0.6) is 0 Å². The average Bonchev–Trinajstić information content (AvgIpc) is 2.88. The molecule has 202 valence electrons. The molecule has 0 spiro atoms. The molecule has 0 radical (unpaired) electrons. The van der Waals surface area contributed by atoms with Gasteiger partial charge in [-0.05, 0) is 76.4 Å². The third kappa shape index (κ3) is 6.81. The fraction of sp³-hybridized carbons (Fsp3) is 0.333. The van der Waals surface area contributed by atoms with Crippen LogP contribution in [0, 0.1) is 20.8 Å². The number of rotatable bonds is 10. The van der Waals surface area contributed by atoms with Crippen molar-refractivity contribution in [2.24, 2.45) is 0 Å². The van der Waals surface area contributed by atoms with Crippen LogP contribution in [0.1, 0.15) is 43.0 Å². The Hall–Kier alpha value is -3.65. The number of anilines is 1. The van der Waals surface area contributed by atoms with Crippen molar-refractivity contribution in [1.82, 2.24) is 10.2 Å². The Labute approximate surface area is 226 Å². The summed E-state index contributed by atoms with van der Waals surface area (Å²) in [4.78, 5) is 28.5. The van der Waals surface area contributed by atoms with Gasteiger partial charge < -0.3 is 10.2 Å². The lowest BCUT2D eigenvalue weighted by Crippen LogP contribution is -2.52. The maximum absolute atomic E-state index is 13.9. The largest absolute Gasteiger partial charge is 0.352 e. The third-order valence-electron chi connectivity index (χ3n) is 6.53. The lowest BCUT2D eigenvalue weighted by molar-refractivity contribution is -0.139. The van der Waals surface area contributed by atoms with Crippen molar-refractivity contribution in [2.45, 2.75) is 65.1 Å². The van der Waals surface area contributed by atoms with E-state index in [4.69, 9.17) is 0 Å². The Kier molecular flexibility index (Phi) is 9.33. The van der Waals surface area contributed by atoms with Gasteiger partial charge in [0.15, 0.2) is 0 Å². The summed E-state index contributed by atoms with van der Waals surface area (Å²) >= 11 is 0. The van der Waals surface area contributed by atoms with Crippen LogP contribution in [-0.2, 0) is 26.2 Å². The highest BCUT2D eigenvalue weighted by atomic mass is 32.2. The Bertz CT molecular complexity index is 1370. The van der Waals surface area contributed by atoms with E-state index in [1.807, 2.05) is 65.0 Å². The van der Waals surface area contributed by atoms with Crippen molar-refractivity contribution in [3.63, 3.8) is 0 Å². The minimum atomic E-state index is -4.08. The average molecular weight is 536 g/mol. The fourth-order valence-electron chi connectivity index (χ4n) is 4.12. The van der Waals surface area contributed by atoms with Gasteiger partial charge in [-0.3, -0.25) is 13.9 Å². The third-order valence-corrected chi connectivity index (χ3v) is 8.30. The van der Waals surface area contributed by atoms with E-state index in [2.05, 4.69) is 5.32 Å². The van der Waals surface area contributed by atoms with E-state index in [1.165, 1.54) is 17.0 Å². The van der Waals surface area contributed by atoms with E-state index in [-0.39, 0.29) is 23.4 Å². The second-order valence-corrected chi connectivity index (χ2v) is 11.8. The first-order chi connectivity index (χ1) is 17.9. The quantitative estimate of drug-likeness (QED) is 0.406. The summed E-state index contributed by atoms with van der Waals surface area (Å²) in [6.07, 6.45) is 0. The minimum Gasteiger partial charge on any atom is -0.352 e. The van der Waals surface area contributed by atoms with Gasteiger partial charge in [-0.25, -0.2) is 8.42 Å². The first-order valence-electron chi connectivity index (χ1n) is 12.7. The molecule has 0 saturated heterocycles. The van der Waals surface area contributed by atoms with Crippen LogP contribution in [0.3, 0.4) is 0 Å². The van der Waals surface area contributed by atoms with Crippen LogP contribution in [-0.4, -0.2) is 43.8 Å². The molecule has 1 N–H and O–H groups in total. The van der Waals surface area contributed by atoms with Crippen LogP contribution in [0.2, 0.25) is 0 Å². The predicted molar refractivity (Wildman–Crippen MR) is 151 cm³/mol. The molecule has 0 bridgehead atoms. The number of nitrogens with one attached hydrogen (secondary N) is 1. The molecule has 0 heterocycles. The standard InChI is InChI=1S/C30H37N3O4S/c1-21(2)31-30(35)25(6)32(19-26-17-15-22(3)16-18-26)29(34)20-33(28-14-10-11-23(4)24(28)5)38(36,37)27-12-8-7-9-13-27/h7-18,21,25H,19-20H2,1-6H3,(H,31,35)/t25-/m1/s1. The van der Waals surface area contributed by atoms with Crippen molar-refractivity contribution in [1.29, 1.82) is 0 Å². The Morgan fingerprint density at radius 3 is 2.08 bits per heavy atom. The van der Waals surface area contributed by atoms with Crippen LogP contribution >= 0.6 is 0 Å². The molecule has 8 heteroatoms. The van der Waals surface area contributed by atoms with E-state index < -0.39 is 28.5 Å². The van der Waals surface area contributed by atoms with Crippen LogP contribution in [0.15, 0.2) is 77.7 Å². The summed E-state index contributed by atoms with van der Waals surface area (Å²) in [5.74, 6) is -0.776. The zero-order valence-electron chi connectivity index (χ0n) is 22.9. The maximum atomic E-state index is 13.9. The SMILES string of the molecule is Cc1ccc(CN(C(=O)CN(c2cccc(C)c2C)S(=O)(=O)c2ccccc2)[C@H](C)C(=O)NC(C)C)cc1. The van der Waals surface area contributed by atoms with Gasteiger partial charge in [-0.2, -0.15) is 0 Å². The molecule has 0 fully saturated rings. The van der Waals surface area contributed by atoms with Crippen molar-refractivity contribution >= 4 is 27.5 Å². The number of carbonyl (C=O) groups excluding carboxylic acids is 2. The summed E-state index contributed by atoms with van der Waals surface area (Å²) in [7, 11) is -4.08. The molecule has 1 atom stereocenters. The van der Waals surface area contributed by atoms with Gasteiger partial charge >= 0.3 is 0 Å². The normalized spacial score (nSPS) is 12.2. The first kappa shape index (κ1) is 28.9. The Morgan fingerprint density at radius 1 is 0.842 bits per heavy atom. The van der Waals surface area contributed by atoms with Crippen LogP contribution in [0.25, 0.3) is 0 Å². The van der Waals surface area contributed by atoms with E-state index in [0.29, 0.717) is 5.69 Å². The van der Waals surface area contributed by atoms with Gasteiger partial charge in [0.05, 0.1) is 10.6 Å². The number of aryl methyl sites for hydroxylation is 2. The van der Waals surface area contributed by atoms with Crippen LogP contribution < -0.4 is 9.62 Å². The second-order valence-electron chi connectivity index (χ2n) is 9.89. The number of nitrogens with zero attached hydrogens (tertiary/aromatic N) is 2. The Morgan fingerprint density at radius 2 is 1.47 bits per heavy atom. The molecule has 3 aromatic rings. The van der Waals surface area contributed by atoms with Gasteiger partial charge in [0.1, 0.15) is 12.6 Å². The number of amides is 2. The summed E-state index contributed by atoms with van der Waals surface area (Å²) in [5.41, 5.74) is 4.02. The highest BCUT2D eigenvalue weighted by molar-refractivity contribution is 7.92. The monoisotopic (exact) mass is 535 g/mol. The second kappa shape index (κ2) is 12.3. The molecule has 7 nitrogen and oxygen atoms in total. The molecule has 0 aromatic heterocycles. The molecule has 0 saturated carbocycles. The van der Waals surface area contributed by atoms with Gasteiger partial charge in [0.25, 0.3) is 10.0 Å². The number of sulfonamides is 1. The Balaban J connectivity index is 2.06. The number of hydrogen-bond acceptors (Lipinski definition) is 4. The molecule has 0 aliphatic carbocycles. The van der Waals surface area contributed by atoms with Gasteiger partial charge in [0.2, 0.25) is 11.8 Å². The van der Waals surface area contributed by atoms with Gasteiger partial charge in [-0.15, -0.1) is 0 Å². The zero-order valence-corrected chi connectivity index (χ0v) is 23.7. The molecular weight excluding hydrogens is 498 g/mol. The summed E-state index contributed by atoms with van der Waals surface area (Å²) in [6.45, 7) is 10.8. The lowest BCUT2D eigenvalue weighted by atomic mass is 10.1. The minimum absolute atomic E-state index is 0.0874. The van der Waals surface area contributed by atoms with Crippen molar-refractivity contribution in [3.8, 4) is 0 Å². The zero-order chi connectivity index (χ0) is 28.0. The van der Waals surface area contributed by atoms with Crippen molar-refractivity contribution in [2.75, 3.05) is 10.8 Å². The molecule has 3 aromatic carbocycles. The predicted octanol–water partition coefficient (Wildman–Crippen LogP) is 4.75. The molecule has 2 amide bonds. The molecule has 0 unspecified atom stereocenters. The van der Waals surface area contributed by atoms with Gasteiger partial charge in [-0.1, -0.05) is 60.2 Å². The van der Waals surface area contributed by atoms with E-state index in [9.17, 15) is 18.0 Å².